The van der Waals surface area contributed by atoms with Crippen molar-refractivity contribution in [2.45, 2.75) is 32.4 Å². The van der Waals surface area contributed by atoms with Gasteiger partial charge in [0.1, 0.15) is 17.5 Å². The number of hydrogen-bond donors (Lipinski definition) is 1. The maximum Gasteiger partial charge on any atom is 0.242 e. The molecule has 35 heavy (non-hydrogen) atoms. The van der Waals surface area contributed by atoms with Gasteiger partial charge in [-0.1, -0.05) is 48.0 Å². The maximum atomic E-state index is 13.3. The Kier molecular flexibility index (Phi) is 9.56. The van der Waals surface area contributed by atoms with E-state index in [1.165, 1.54) is 0 Å². The van der Waals surface area contributed by atoms with Crippen molar-refractivity contribution in [1.29, 1.82) is 0 Å². The second-order valence-corrected chi connectivity index (χ2v) is 8.67. The summed E-state index contributed by atoms with van der Waals surface area (Å²) in [4.78, 5) is 27.9. The van der Waals surface area contributed by atoms with Crippen molar-refractivity contribution in [3.8, 4) is 11.5 Å². The first-order valence-corrected chi connectivity index (χ1v) is 11.8. The molecule has 0 saturated heterocycles. The quantitative estimate of drug-likeness (QED) is 0.420. The van der Waals surface area contributed by atoms with Crippen LogP contribution in [0.25, 0.3) is 0 Å². The molecule has 0 saturated carbocycles. The van der Waals surface area contributed by atoms with E-state index in [4.69, 9.17) is 21.1 Å². The fourth-order valence-electron chi connectivity index (χ4n) is 3.66. The standard InChI is InChI=1S/C28H31ClN2O4/c1-20(28(33)30-17-16-21-6-12-25(34-2)13-7-21)31(19-23-8-14-26(35-3)15-9-23)27(32)18-22-4-10-24(29)11-5-22/h4-15,20H,16-19H2,1-3H3,(H,30,33)/t20-/m1/s1. The van der Waals surface area contributed by atoms with E-state index >= 15 is 0 Å². The highest BCUT2D eigenvalue weighted by Gasteiger charge is 2.26. The van der Waals surface area contributed by atoms with Crippen LogP contribution in [0.15, 0.2) is 72.8 Å². The van der Waals surface area contributed by atoms with E-state index in [0.29, 0.717) is 24.5 Å². The van der Waals surface area contributed by atoms with Gasteiger partial charge in [0, 0.05) is 18.1 Å². The van der Waals surface area contributed by atoms with Gasteiger partial charge in [0.15, 0.2) is 0 Å². The number of hydrogen-bond acceptors (Lipinski definition) is 4. The van der Waals surface area contributed by atoms with Crippen LogP contribution in [-0.4, -0.2) is 43.5 Å². The lowest BCUT2D eigenvalue weighted by Gasteiger charge is -2.29. The highest BCUT2D eigenvalue weighted by molar-refractivity contribution is 6.30. The van der Waals surface area contributed by atoms with Gasteiger partial charge in [-0.05, 0) is 66.4 Å². The Morgan fingerprint density at radius 1 is 0.829 bits per heavy atom. The molecule has 3 rings (SSSR count). The molecule has 0 aliphatic heterocycles. The highest BCUT2D eigenvalue weighted by Crippen LogP contribution is 2.17. The van der Waals surface area contributed by atoms with E-state index in [0.717, 1.165) is 28.2 Å². The summed E-state index contributed by atoms with van der Waals surface area (Å²) in [6, 6.07) is 21.7. The molecule has 0 aliphatic carbocycles. The number of nitrogens with zero attached hydrogens (tertiary/aromatic N) is 1. The van der Waals surface area contributed by atoms with Crippen LogP contribution >= 0.6 is 11.6 Å². The van der Waals surface area contributed by atoms with Crippen LogP contribution in [0.1, 0.15) is 23.6 Å². The van der Waals surface area contributed by atoms with E-state index in [9.17, 15) is 9.59 Å². The largest absolute Gasteiger partial charge is 0.497 e. The van der Waals surface area contributed by atoms with Crippen LogP contribution in [-0.2, 0) is 29.0 Å². The molecule has 1 N–H and O–H groups in total. The molecule has 3 aromatic rings. The Labute approximate surface area is 211 Å². The number of nitrogens with one attached hydrogen (secondary N) is 1. The van der Waals surface area contributed by atoms with Crippen molar-refractivity contribution in [3.05, 3.63) is 94.5 Å². The van der Waals surface area contributed by atoms with E-state index in [1.54, 1.807) is 38.2 Å². The minimum absolute atomic E-state index is 0.138. The van der Waals surface area contributed by atoms with Crippen molar-refractivity contribution in [1.82, 2.24) is 10.2 Å². The molecule has 0 fully saturated rings. The van der Waals surface area contributed by atoms with Crippen LogP contribution < -0.4 is 14.8 Å². The SMILES string of the molecule is COc1ccc(CCNC(=O)[C@@H](C)N(Cc2ccc(OC)cc2)C(=O)Cc2ccc(Cl)cc2)cc1. The van der Waals surface area contributed by atoms with Gasteiger partial charge in [-0.3, -0.25) is 9.59 Å². The van der Waals surface area contributed by atoms with Crippen LogP contribution in [0.5, 0.6) is 11.5 Å². The lowest BCUT2D eigenvalue weighted by molar-refractivity contribution is -0.140. The minimum Gasteiger partial charge on any atom is -0.497 e. The fourth-order valence-corrected chi connectivity index (χ4v) is 3.78. The number of halogens is 1. The summed E-state index contributed by atoms with van der Waals surface area (Å²) in [6.45, 7) is 2.53. The van der Waals surface area contributed by atoms with Gasteiger partial charge >= 0.3 is 0 Å². The smallest absolute Gasteiger partial charge is 0.242 e. The monoisotopic (exact) mass is 494 g/mol. The second kappa shape index (κ2) is 12.8. The molecular weight excluding hydrogens is 464 g/mol. The van der Waals surface area contributed by atoms with Crippen molar-refractivity contribution >= 4 is 23.4 Å². The summed E-state index contributed by atoms with van der Waals surface area (Å²) < 4.78 is 10.4. The molecule has 0 aliphatic rings. The predicted molar refractivity (Wildman–Crippen MR) is 138 cm³/mol. The zero-order valence-electron chi connectivity index (χ0n) is 20.3. The molecule has 2 amide bonds. The zero-order valence-corrected chi connectivity index (χ0v) is 21.0. The summed E-state index contributed by atoms with van der Waals surface area (Å²) in [5, 5.41) is 3.58. The van der Waals surface area contributed by atoms with E-state index in [1.807, 2.05) is 60.7 Å². The molecular formula is C28H31ClN2O4. The van der Waals surface area contributed by atoms with Gasteiger partial charge in [-0.25, -0.2) is 0 Å². The fraction of sp³-hybridized carbons (Fsp3) is 0.286. The third kappa shape index (κ3) is 7.76. The van der Waals surface area contributed by atoms with Crippen LogP contribution in [0.4, 0.5) is 0 Å². The lowest BCUT2D eigenvalue weighted by Crippen LogP contribution is -2.48. The Hall–Kier alpha value is -3.51. The van der Waals surface area contributed by atoms with Crippen molar-refractivity contribution in [3.63, 3.8) is 0 Å². The molecule has 0 bridgehead atoms. The molecule has 0 radical (unpaired) electrons. The summed E-state index contributed by atoms with van der Waals surface area (Å²) in [6.07, 6.45) is 0.858. The van der Waals surface area contributed by atoms with E-state index in [2.05, 4.69) is 5.32 Å². The molecule has 1 atom stereocenters. The summed E-state index contributed by atoms with van der Waals surface area (Å²) in [5.41, 5.74) is 2.84. The zero-order chi connectivity index (χ0) is 25.2. The van der Waals surface area contributed by atoms with Crippen LogP contribution in [0.2, 0.25) is 5.02 Å². The Morgan fingerprint density at radius 2 is 1.34 bits per heavy atom. The molecule has 3 aromatic carbocycles. The first-order valence-electron chi connectivity index (χ1n) is 11.5. The number of amides is 2. The van der Waals surface area contributed by atoms with Crippen molar-refractivity contribution in [2.75, 3.05) is 20.8 Å². The van der Waals surface area contributed by atoms with E-state index in [-0.39, 0.29) is 18.2 Å². The lowest BCUT2D eigenvalue weighted by atomic mass is 10.1. The molecule has 0 unspecified atom stereocenters. The second-order valence-electron chi connectivity index (χ2n) is 8.24. The van der Waals surface area contributed by atoms with Gasteiger partial charge in [0.2, 0.25) is 11.8 Å². The summed E-state index contributed by atoms with van der Waals surface area (Å²) in [7, 11) is 3.23. The molecule has 7 heteroatoms. The van der Waals surface area contributed by atoms with Gasteiger partial charge < -0.3 is 19.7 Å². The third-order valence-electron chi connectivity index (χ3n) is 5.82. The topological polar surface area (TPSA) is 67.9 Å². The first kappa shape index (κ1) is 26.1. The molecule has 0 aromatic heterocycles. The Bertz CT molecular complexity index is 1100. The number of rotatable bonds is 11. The van der Waals surface area contributed by atoms with Gasteiger partial charge in [-0.15, -0.1) is 0 Å². The van der Waals surface area contributed by atoms with Gasteiger partial charge in [-0.2, -0.15) is 0 Å². The third-order valence-corrected chi connectivity index (χ3v) is 6.07. The Balaban J connectivity index is 1.67. The predicted octanol–water partition coefficient (Wildman–Crippen LogP) is 4.68. The molecule has 184 valence electrons. The number of carbonyl (C=O) groups excluding carboxylic acids is 2. The number of carbonyl (C=O) groups is 2. The average Bonchev–Trinajstić information content (AvgIpc) is 2.88. The van der Waals surface area contributed by atoms with E-state index < -0.39 is 6.04 Å². The average molecular weight is 495 g/mol. The number of methoxy groups -OCH3 is 2. The normalized spacial score (nSPS) is 11.4. The molecule has 0 heterocycles. The number of benzene rings is 3. The highest BCUT2D eigenvalue weighted by atomic mass is 35.5. The van der Waals surface area contributed by atoms with Crippen LogP contribution in [0, 0.1) is 0 Å². The summed E-state index contributed by atoms with van der Waals surface area (Å²) >= 11 is 5.98. The first-order chi connectivity index (χ1) is 16.9. The van der Waals surface area contributed by atoms with Crippen molar-refractivity contribution in [2.24, 2.45) is 0 Å². The maximum absolute atomic E-state index is 13.3. The minimum atomic E-state index is -0.646. The Morgan fingerprint density at radius 3 is 1.89 bits per heavy atom. The van der Waals surface area contributed by atoms with Crippen LogP contribution in [0.3, 0.4) is 0 Å². The van der Waals surface area contributed by atoms with Gasteiger partial charge in [0.05, 0.1) is 20.6 Å². The summed E-state index contributed by atoms with van der Waals surface area (Å²) in [5.74, 6) is 1.19. The van der Waals surface area contributed by atoms with Gasteiger partial charge in [0.25, 0.3) is 0 Å². The van der Waals surface area contributed by atoms with Crippen molar-refractivity contribution < 1.29 is 19.1 Å². The number of ether oxygens (including phenoxy) is 2. The molecule has 0 spiro atoms. The molecule has 6 nitrogen and oxygen atoms in total.